The predicted octanol–water partition coefficient (Wildman–Crippen LogP) is 0.514. The maximum atomic E-state index is 5.70. The number of hydrogen-bond acceptors (Lipinski definition) is 7. The van der Waals surface area contributed by atoms with Crippen molar-refractivity contribution in [1.29, 1.82) is 0 Å². The number of nitrogens with two attached hydrogens (primary N) is 1. The van der Waals surface area contributed by atoms with Crippen LogP contribution >= 0.6 is 0 Å². The van der Waals surface area contributed by atoms with Crippen molar-refractivity contribution in [3.05, 3.63) is 41.5 Å². The van der Waals surface area contributed by atoms with Crippen molar-refractivity contribution in [3.8, 4) is 5.75 Å². The quantitative estimate of drug-likeness (QED) is 0.706. The minimum absolute atomic E-state index is 0.257. The highest BCUT2D eigenvalue weighted by molar-refractivity contribution is 5.28. The van der Waals surface area contributed by atoms with Crippen LogP contribution in [-0.4, -0.2) is 42.1 Å². The van der Waals surface area contributed by atoms with Gasteiger partial charge in [-0.15, -0.1) is 0 Å². The van der Waals surface area contributed by atoms with E-state index in [0.717, 1.165) is 23.0 Å². The van der Waals surface area contributed by atoms with Crippen molar-refractivity contribution in [2.24, 2.45) is 0 Å². The van der Waals surface area contributed by atoms with Crippen LogP contribution < -0.4 is 10.5 Å². The zero-order valence-electron chi connectivity index (χ0n) is 13.0. The molecule has 23 heavy (non-hydrogen) atoms. The second-order valence-corrected chi connectivity index (χ2v) is 4.98. The van der Waals surface area contributed by atoms with Crippen LogP contribution in [0.5, 0.6) is 5.75 Å². The Morgan fingerprint density at radius 2 is 1.96 bits per heavy atom. The molecule has 2 aromatic heterocycles. The molecule has 0 unspecified atom stereocenters. The molecular weight excluding hydrogens is 296 g/mol. The number of rotatable bonds is 6. The van der Waals surface area contributed by atoms with E-state index in [-0.39, 0.29) is 5.95 Å². The molecule has 0 saturated carbocycles. The lowest BCUT2D eigenvalue weighted by atomic mass is 10.1. The number of hydrogen-bond donors (Lipinski definition) is 1. The summed E-state index contributed by atoms with van der Waals surface area (Å²) < 4.78 is 8.49. The van der Waals surface area contributed by atoms with Crippen molar-refractivity contribution in [3.63, 3.8) is 0 Å². The molecule has 0 saturated heterocycles. The maximum absolute atomic E-state index is 5.70. The lowest BCUT2D eigenvalue weighted by molar-refractivity contribution is 0.414. The smallest absolute Gasteiger partial charge is 0.240 e. The topological polar surface area (TPSA) is 110 Å². The van der Waals surface area contributed by atoms with Gasteiger partial charge in [-0.05, 0) is 35.0 Å². The third-order valence-corrected chi connectivity index (χ3v) is 3.46. The number of nitrogens with zero attached hydrogens (tertiary/aromatic N) is 7. The van der Waals surface area contributed by atoms with Crippen LogP contribution in [0.3, 0.4) is 0 Å². The number of methoxy groups -OCH3 is 1. The summed E-state index contributed by atoms with van der Waals surface area (Å²) in [5.74, 6) is 2.61. The van der Waals surface area contributed by atoms with Crippen LogP contribution in [0, 0.1) is 0 Å². The second kappa shape index (κ2) is 6.42. The Kier molecular flexibility index (Phi) is 4.18. The van der Waals surface area contributed by atoms with Crippen molar-refractivity contribution in [1.82, 2.24) is 35.0 Å². The number of tetrazole rings is 1. The van der Waals surface area contributed by atoms with Gasteiger partial charge in [-0.1, -0.05) is 17.2 Å². The molecular formula is C14H18N8O. The highest BCUT2D eigenvalue weighted by atomic mass is 16.5. The number of aromatic nitrogens is 7. The fourth-order valence-corrected chi connectivity index (χ4v) is 2.26. The van der Waals surface area contributed by atoms with Gasteiger partial charge in [0.2, 0.25) is 5.95 Å². The second-order valence-electron chi connectivity index (χ2n) is 4.98. The molecule has 0 aliphatic carbocycles. The van der Waals surface area contributed by atoms with Crippen LogP contribution in [0.25, 0.3) is 0 Å². The highest BCUT2D eigenvalue weighted by Gasteiger charge is 2.12. The van der Waals surface area contributed by atoms with Gasteiger partial charge in [0.15, 0.2) is 5.82 Å². The normalized spacial score (nSPS) is 10.9. The van der Waals surface area contributed by atoms with E-state index in [1.807, 2.05) is 35.9 Å². The SMILES string of the molecule is CCn1nc(Cc2ccc(OC)cc2)nc1Cn1nnnc1N. The lowest BCUT2D eigenvalue weighted by Gasteiger charge is -2.02. The van der Waals surface area contributed by atoms with Gasteiger partial charge in [-0.3, -0.25) is 0 Å². The van der Waals surface area contributed by atoms with Gasteiger partial charge in [0.1, 0.15) is 18.1 Å². The van der Waals surface area contributed by atoms with E-state index in [2.05, 4.69) is 25.6 Å². The van der Waals surface area contributed by atoms with E-state index in [4.69, 9.17) is 10.5 Å². The van der Waals surface area contributed by atoms with Crippen LogP contribution in [0.1, 0.15) is 24.1 Å². The minimum atomic E-state index is 0.257. The third-order valence-electron chi connectivity index (χ3n) is 3.46. The Hall–Kier alpha value is -2.97. The standard InChI is InChI=1S/C14H18N8O/c1-3-21-13(9-22-14(15)17-19-20-22)16-12(18-21)8-10-4-6-11(23-2)7-5-10/h4-7H,3,8-9H2,1-2H3,(H2,15,17,20). The highest BCUT2D eigenvalue weighted by Crippen LogP contribution is 2.14. The first-order valence-corrected chi connectivity index (χ1v) is 7.26. The van der Waals surface area contributed by atoms with E-state index in [0.29, 0.717) is 19.5 Å². The summed E-state index contributed by atoms with van der Waals surface area (Å²) in [4.78, 5) is 4.58. The fraction of sp³-hybridized carbons (Fsp3) is 0.357. The molecule has 0 aliphatic rings. The molecule has 0 fully saturated rings. The Labute approximate surface area is 133 Å². The Morgan fingerprint density at radius 3 is 2.57 bits per heavy atom. The summed E-state index contributed by atoms with van der Waals surface area (Å²) in [6, 6.07) is 7.86. The summed E-state index contributed by atoms with van der Waals surface area (Å²) in [5.41, 5.74) is 6.81. The van der Waals surface area contributed by atoms with Crippen LogP contribution in [0.2, 0.25) is 0 Å². The molecule has 120 valence electrons. The summed E-state index contributed by atoms with van der Waals surface area (Å²) in [6.07, 6.45) is 0.648. The van der Waals surface area contributed by atoms with E-state index >= 15 is 0 Å². The average molecular weight is 314 g/mol. The molecule has 1 aromatic carbocycles. The van der Waals surface area contributed by atoms with Crippen molar-refractivity contribution in [2.75, 3.05) is 12.8 Å². The Bertz CT molecular complexity index is 776. The zero-order chi connectivity index (χ0) is 16.2. The summed E-state index contributed by atoms with van der Waals surface area (Å²) in [5, 5.41) is 15.6. The fourth-order valence-electron chi connectivity index (χ4n) is 2.26. The number of anilines is 1. The van der Waals surface area contributed by atoms with Gasteiger partial charge in [0.25, 0.3) is 0 Å². The molecule has 9 nitrogen and oxygen atoms in total. The summed E-state index contributed by atoms with van der Waals surface area (Å²) in [6.45, 7) is 3.12. The maximum Gasteiger partial charge on any atom is 0.240 e. The summed E-state index contributed by atoms with van der Waals surface area (Å²) in [7, 11) is 1.65. The molecule has 0 spiro atoms. The largest absolute Gasteiger partial charge is 0.497 e. The van der Waals surface area contributed by atoms with Gasteiger partial charge in [-0.2, -0.15) is 5.10 Å². The van der Waals surface area contributed by atoms with Crippen molar-refractivity contribution >= 4 is 5.95 Å². The first-order chi connectivity index (χ1) is 11.2. The van der Waals surface area contributed by atoms with Gasteiger partial charge < -0.3 is 10.5 Å². The third kappa shape index (κ3) is 3.28. The van der Waals surface area contributed by atoms with E-state index in [9.17, 15) is 0 Å². The van der Waals surface area contributed by atoms with E-state index in [1.54, 1.807) is 7.11 Å². The molecule has 9 heteroatoms. The molecule has 0 aliphatic heterocycles. The number of aryl methyl sites for hydroxylation is 1. The van der Waals surface area contributed by atoms with Crippen LogP contribution in [0.4, 0.5) is 5.95 Å². The predicted molar refractivity (Wildman–Crippen MR) is 82.8 cm³/mol. The Balaban J connectivity index is 1.79. The number of ether oxygens (including phenoxy) is 1. The molecule has 3 rings (SSSR count). The molecule has 0 bridgehead atoms. The van der Waals surface area contributed by atoms with E-state index < -0.39 is 0 Å². The molecule has 2 heterocycles. The molecule has 0 amide bonds. The zero-order valence-corrected chi connectivity index (χ0v) is 13.0. The molecule has 0 atom stereocenters. The minimum Gasteiger partial charge on any atom is -0.497 e. The molecule has 3 aromatic rings. The summed E-state index contributed by atoms with van der Waals surface area (Å²) >= 11 is 0. The van der Waals surface area contributed by atoms with Gasteiger partial charge in [0, 0.05) is 13.0 Å². The monoisotopic (exact) mass is 314 g/mol. The average Bonchev–Trinajstić information content (AvgIpc) is 3.15. The molecule has 0 radical (unpaired) electrons. The number of nitrogen functional groups attached to an aromatic ring is 1. The van der Waals surface area contributed by atoms with Crippen LogP contribution in [-0.2, 0) is 19.5 Å². The first kappa shape index (κ1) is 14.9. The van der Waals surface area contributed by atoms with Crippen LogP contribution in [0.15, 0.2) is 24.3 Å². The van der Waals surface area contributed by atoms with Gasteiger partial charge in [-0.25, -0.2) is 14.3 Å². The number of benzene rings is 1. The van der Waals surface area contributed by atoms with Gasteiger partial charge in [0.05, 0.1) is 7.11 Å². The Morgan fingerprint density at radius 1 is 1.17 bits per heavy atom. The first-order valence-electron chi connectivity index (χ1n) is 7.26. The van der Waals surface area contributed by atoms with Crippen molar-refractivity contribution in [2.45, 2.75) is 26.4 Å². The van der Waals surface area contributed by atoms with E-state index in [1.165, 1.54) is 4.68 Å². The van der Waals surface area contributed by atoms with Gasteiger partial charge >= 0.3 is 0 Å². The lowest BCUT2D eigenvalue weighted by Crippen LogP contribution is -2.12. The van der Waals surface area contributed by atoms with Crippen molar-refractivity contribution < 1.29 is 4.74 Å². The molecule has 2 N–H and O–H groups in total.